The topological polar surface area (TPSA) is 97.0 Å². The molecular weight excluding hydrogens is 471 g/mol. The van der Waals surface area contributed by atoms with Gasteiger partial charge in [-0.05, 0) is 47.5 Å². The molecule has 1 aliphatic rings. The maximum Gasteiger partial charge on any atom is 0.244 e. The van der Waals surface area contributed by atoms with Crippen molar-refractivity contribution in [2.24, 2.45) is 5.73 Å². The Balaban J connectivity index is 1.54. The average molecular weight is 489 g/mol. The lowest BCUT2D eigenvalue weighted by Gasteiger charge is -2.24. The molecule has 0 bridgehead atoms. The van der Waals surface area contributed by atoms with E-state index >= 15 is 0 Å². The Morgan fingerprint density at radius 2 is 1.82 bits per heavy atom. The monoisotopic (exact) mass is 488 g/mol. The third kappa shape index (κ3) is 4.19. The second-order valence-corrected chi connectivity index (χ2v) is 8.61. The summed E-state index contributed by atoms with van der Waals surface area (Å²) in [7, 11) is 0. The molecule has 1 aliphatic heterocycles. The zero-order valence-corrected chi connectivity index (χ0v) is 19.3. The summed E-state index contributed by atoms with van der Waals surface area (Å²) < 4.78 is 11.7. The Morgan fingerprint density at radius 1 is 1.03 bits per heavy atom. The van der Waals surface area contributed by atoms with Gasteiger partial charge in [-0.2, -0.15) is 5.26 Å². The van der Waals surface area contributed by atoms with Gasteiger partial charge in [0.1, 0.15) is 24.0 Å². The van der Waals surface area contributed by atoms with Gasteiger partial charge in [-0.3, -0.25) is 5.10 Å². The van der Waals surface area contributed by atoms with Crippen LogP contribution in [0.1, 0.15) is 22.6 Å². The van der Waals surface area contributed by atoms with Crippen LogP contribution in [0.3, 0.4) is 0 Å². The summed E-state index contributed by atoms with van der Waals surface area (Å²) in [6.07, 6.45) is 0. The van der Waals surface area contributed by atoms with Crippen molar-refractivity contribution < 1.29 is 9.47 Å². The molecule has 3 aromatic carbocycles. The molecule has 34 heavy (non-hydrogen) atoms. The molecule has 5 rings (SSSR count). The van der Waals surface area contributed by atoms with Crippen LogP contribution in [0.5, 0.6) is 11.6 Å². The lowest BCUT2D eigenvalue weighted by molar-refractivity contribution is 0.306. The van der Waals surface area contributed by atoms with Crippen LogP contribution >= 0.6 is 23.2 Å². The number of hydrogen-bond donors (Lipinski definition) is 2. The highest BCUT2D eigenvalue weighted by Crippen LogP contribution is 2.46. The molecule has 0 amide bonds. The van der Waals surface area contributed by atoms with Crippen LogP contribution in [0.15, 0.2) is 84.3 Å². The van der Waals surface area contributed by atoms with E-state index < -0.39 is 5.92 Å². The van der Waals surface area contributed by atoms with E-state index in [1.54, 1.807) is 12.1 Å². The van der Waals surface area contributed by atoms with Crippen molar-refractivity contribution in [2.75, 3.05) is 0 Å². The number of aromatic nitrogens is 2. The number of ether oxygens (including phenoxy) is 2. The summed E-state index contributed by atoms with van der Waals surface area (Å²) in [5.41, 5.74) is 10.5. The van der Waals surface area contributed by atoms with Crippen molar-refractivity contribution in [1.29, 1.82) is 5.26 Å². The summed E-state index contributed by atoms with van der Waals surface area (Å²) in [6.45, 7) is 0.355. The second kappa shape index (κ2) is 9.14. The smallest absolute Gasteiger partial charge is 0.244 e. The minimum atomic E-state index is -0.493. The van der Waals surface area contributed by atoms with Gasteiger partial charge < -0.3 is 15.2 Å². The summed E-state index contributed by atoms with van der Waals surface area (Å²) in [6, 6.07) is 24.6. The molecule has 8 heteroatoms. The molecule has 2 heterocycles. The second-order valence-electron chi connectivity index (χ2n) is 7.74. The van der Waals surface area contributed by atoms with Gasteiger partial charge >= 0.3 is 0 Å². The van der Waals surface area contributed by atoms with Crippen molar-refractivity contribution >= 4 is 23.2 Å². The largest absolute Gasteiger partial charge is 0.489 e. The maximum absolute atomic E-state index is 9.94. The normalized spacial score (nSPS) is 14.8. The fourth-order valence-corrected chi connectivity index (χ4v) is 4.33. The number of nitrogens with two attached hydrogens (primary N) is 1. The number of halogens is 2. The van der Waals surface area contributed by atoms with Gasteiger partial charge in [0.05, 0.1) is 17.2 Å². The summed E-state index contributed by atoms with van der Waals surface area (Å²) in [5, 5.41) is 18.6. The molecule has 0 aliphatic carbocycles. The highest BCUT2D eigenvalue weighted by molar-refractivity contribution is 6.30. The lowest BCUT2D eigenvalue weighted by atomic mass is 9.83. The zero-order chi connectivity index (χ0) is 23.7. The van der Waals surface area contributed by atoms with Gasteiger partial charge in [-0.15, -0.1) is 5.10 Å². The first kappa shape index (κ1) is 21.9. The minimum Gasteiger partial charge on any atom is -0.489 e. The average Bonchev–Trinajstić information content (AvgIpc) is 3.26. The fourth-order valence-electron chi connectivity index (χ4n) is 3.99. The molecule has 0 unspecified atom stereocenters. The SMILES string of the molecule is N#CC1=C(N)Oc2n[nH]c(-c3ccc(Cl)cc3)c2[C@H]1c1cccc(OCc2cccc(Cl)c2)c1. The molecule has 1 atom stereocenters. The van der Waals surface area contributed by atoms with Gasteiger partial charge in [0, 0.05) is 15.6 Å². The predicted molar refractivity (Wildman–Crippen MR) is 131 cm³/mol. The molecule has 0 saturated carbocycles. The first-order chi connectivity index (χ1) is 16.5. The summed E-state index contributed by atoms with van der Waals surface area (Å²) >= 11 is 12.1. The summed E-state index contributed by atoms with van der Waals surface area (Å²) in [4.78, 5) is 0. The third-order valence-corrected chi connectivity index (χ3v) is 6.04. The number of hydrogen-bond acceptors (Lipinski definition) is 5. The van der Waals surface area contributed by atoms with Crippen LogP contribution in [0.4, 0.5) is 0 Å². The fraction of sp³-hybridized carbons (Fsp3) is 0.0769. The highest BCUT2D eigenvalue weighted by atomic mass is 35.5. The van der Waals surface area contributed by atoms with Crippen molar-refractivity contribution in [3.63, 3.8) is 0 Å². The van der Waals surface area contributed by atoms with Crippen molar-refractivity contribution in [3.8, 4) is 29.0 Å². The Hall–Kier alpha value is -3.92. The van der Waals surface area contributed by atoms with Crippen molar-refractivity contribution in [1.82, 2.24) is 10.2 Å². The van der Waals surface area contributed by atoms with Gasteiger partial charge in [0.2, 0.25) is 11.8 Å². The van der Waals surface area contributed by atoms with Crippen LogP contribution in [0.25, 0.3) is 11.3 Å². The van der Waals surface area contributed by atoms with E-state index in [-0.39, 0.29) is 5.88 Å². The highest BCUT2D eigenvalue weighted by Gasteiger charge is 2.35. The quantitative estimate of drug-likeness (QED) is 0.349. The number of rotatable bonds is 5. The molecule has 0 fully saturated rings. The van der Waals surface area contributed by atoms with Crippen LogP contribution < -0.4 is 15.2 Å². The van der Waals surface area contributed by atoms with E-state index in [0.717, 1.165) is 27.9 Å². The van der Waals surface area contributed by atoms with E-state index in [2.05, 4.69) is 16.3 Å². The maximum atomic E-state index is 9.94. The van der Waals surface area contributed by atoms with E-state index in [4.69, 9.17) is 38.4 Å². The predicted octanol–water partition coefficient (Wildman–Crippen LogP) is 6.18. The molecule has 0 spiro atoms. The van der Waals surface area contributed by atoms with Gasteiger partial charge in [-0.25, -0.2) is 0 Å². The lowest BCUT2D eigenvalue weighted by Crippen LogP contribution is -2.21. The number of allylic oxidation sites excluding steroid dienone is 1. The number of fused-ring (bicyclic) bond motifs is 1. The van der Waals surface area contributed by atoms with Crippen LogP contribution in [0, 0.1) is 11.3 Å². The molecule has 168 valence electrons. The minimum absolute atomic E-state index is 0.0272. The van der Waals surface area contributed by atoms with E-state index in [1.165, 1.54) is 0 Å². The number of benzene rings is 3. The molecule has 0 radical (unpaired) electrons. The molecule has 0 saturated heterocycles. The molecule has 1 aromatic heterocycles. The Kier molecular flexibility index (Phi) is 5.89. The third-order valence-electron chi connectivity index (χ3n) is 5.56. The first-order valence-electron chi connectivity index (χ1n) is 10.4. The van der Waals surface area contributed by atoms with Gasteiger partial charge in [0.15, 0.2) is 0 Å². The van der Waals surface area contributed by atoms with E-state index in [9.17, 15) is 5.26 Å². The van der Waals surface area contributed by atoms with Crippen LogP contribution in [0.2, 0.25) is 10.0 Å². The van der Waals surface area contributed by atoms with Crippen LogP contribution in [-0.4, -0.2) is 10.2 Å². The Morgan fingerprint density at radius 3 is 2.59 bits per heavy atom. The van der Waals surface area contributed by atoms with E-state index in [0.29, 0.717) is 33.9 Å². The number of nitriles is 1. The zero-order valence-electron chi connectivity index (χ0n) is 17.8. The Bertz CT molecular complexity index is 1440. The molecule has 3 N–H and O–H groups in total. The van der Waals surface area contributed by atoms with Gasteiger partial charge in [-0.1, -0.05) is 59.6 Å². The molecule has 6 nitrogen and oxygen atoms in total. The van der Waals surface area contributed by atoms with Crippen molar-refractivity contribution in [3.05, 3.63) is 111 Å². The molecule has 4 aromatic rings. The number of nitrogens with one attached hydrogen (secondary N) is 1. The first-order valence-corrected chi connectivity index (χ1v) is 11.2. The van der Waals surface area contributed by atoms with Crippen molar-refractivity contribution in [2.45, 2.75) is 12.5 Å². The van der Waals surface area contributed by atoms with Crippen LogP contribution in [-0.2, 0) is 6.61 Å². The number of H-pyrrole nitrogens is 1. The number of aromatic amines is 1. The standard InChI is InChI=1S/C26H18Cl2N4O2/c27-18-9-7-16(8-10-18)24-23-22(21(13-29)25(30)34-26(23)32-31-24)17-4-2-6-20(12-17)33-14-15-3-1-5-19(28)11-15/h1-12,22H,14,30H2,(H,31,32)/t22-/m0/s1. The molecular formula is C26H18Cl2N4O2. The summed E-state index contributed by atoms with van der Waals surface area (Å²) in [5.74, 6) is 0.516. The van der Waals surface area contributed by atoms with E-state index in [1.807, 2.05) is 60.7 Å². The van der Waals surface area contributed by atoms with Gasteiger partial charge in [0.25, 0.3) is 0 Å². The Labute approximate surface area is 206 Å². The number of nitrogens with zero attached hydrogens (tertiary/aromatic N) is 2.